The molecule has 1 atom stereocenters. The van der Waals surface area contributed by atoms with Gasteiger partial charge in [0.2, 0.25) is 0 Å². The minimum Gasteiger partial charge on any atom is -0.480 e. The average molecular weight is 268 g/mol. The van der Waals surface area contributed by atoms with Crippen molar-refractivity contribution in [3.8, 4) is 0 Å². The minimum absolute atomic E-state index is 0.253. The molecule has 2 amide bonds. The molecule has 0 spiro atoms. The Hall–Kier alpha value is -2.11. The zero-order valence-corrected chi connectivity index (χ0v) is 11.0. The van der Waals surface area contributed by atoms with E-state index in [1.807, 2.05) is 0 Å². The van der Waals surface area contributed by atoms with Crippen molar-refractivity contribution in [2.75, 3.05) is 5.32 Å². The molecule has 19 heavy (non-hydrogen) atoms. The van der Waals surface area contributed by atoms with Crippen LogP contribution in [0.15, 0.2) is 18.2 Å². The Bertz CT molecular complexity index is 489. The maximum atomic E-state index is 13.1. The number of nitrogens with one attached hydrogen (secondary N) is 2. The Morgan fingerprint density at radius 1 is 1.32 bits per heavy atom. The molecule has 0 saturated carbocycles. The maximum Gasteiger partial charge on any atom is 0.326 e. The van der Waals surface area contributed by atoms with E-state index in [0.29, 0.717) is 11.3 Å². The van der Waals surface area contributed by atoms with Gasteiger partial charge in [-0.2, -0.15) is 0 Å². The van der Waals surface area contributed by atoms with E-state index in [0.717, 1.165) is 0 Å². The number of hydrogen-bond acceptors (Lipinski definition) is 2. The summed E-state index contributed by atoms with van der Waals surface area (Å²) < 4.78 is 13.1. The predicted octanol–water partition coefficient (Wildman–Crippen LogP) is 2.36. The van der Waals surface area contributed by atoms with Crippen LogP contribution in [0.25, 0.3) is 0 Å². The van der Waals surface area contributed by atoms with E-state index in [4.69, 9.17) is 5.11 Å². The third kappa shape index (κ3) is 4.24. The summed E-state index contributed by atoms with van der Waals surface area (Å²) in [6.07, 6.45) is 0. The summed E-state index contributed by atoms with van der Waals surface area (Å²) >= 11 is 0. The second-order valence-electron chi connectivity index (χ2n) is 4.62. The summed E-state index contributed by atoms with van der Waals surface area (Å²) in [5.41, 5.74) is 0.998. The minimum atomic E-state index is -1.11. The highest BCUT2D eigenvalue weighted by molar-refractivity contribution is 5.92. The second-order valence-corrected chi connectivity index (χ2v) is 4.62. The third-order valence-electron chi connectivity index (χ3n) is 2.67. The van der Waals surface area contributed by atoms with E-state index in [1.54, 1.807) is 20.8 Å². The number of rotatable bonds is 4. The Kier molecular flexibility index (Phi) is 4.86. The van der Waals surface area contributed by atoms with Gasteiger partial charge in [0.25, 0.3) is 0 Å². The van der Waals surface area contributed by atoms with Crippen molar-refractivity contribution >= 4 is 17.7 Å². The van der Waals surface area contributed by atoms with Crippen molar-refractivity contribution in [3.63, 3.8) is 0 Å². The van der Waals surface area contributed by atoms with Crippen molar-refractivity contribution in [2.24, 2.45) is 5.92 Å². The lowest BCUT2D eigenvalue weighted by atomic mass is 10.1. The first-order valence-corrected chi connectivity index (χ1v) is 5.87. The fourth-order valence-corrected chi connectivity index (χ4v) is 1.54. The number of urea groups is 1. The quantitative estimate of drug-likeness (QED) is 0.784. The summed E-state index contributed by atoms with van der Waals surface area (Å²) in [6.45, 7) is 5.09. The van der Waals surface area contributed by atoms with Crippen LogP contribution in [0.4, 0.5) is 14.9 Å². The number of hydrogen-bond donors (Lipinski definition) is 3. The highest BCUT2D eigenvalue weighted by atomic mass is 19.1. The molecule has 1 aromatic rings. The van der Waals surface area contributed by atoms with E-state index < -0.39 is 23.9 Å². The Morgan fingerprint density at radius 2 is 1.95 bits per heavy atom. The van der Waals surface area contributed by atoms with Gasteiger partial charge in [-0.15, -0.1) is 0 Å². The molecule has 0 heterocycles. The molecular weight excluding hydrogens is 251 g/mol. The lowest BCUT2D eigenvalue weighted by Gasteiger charge is -2.18. The Labute approximate surface area is 110 Å². The summed E-state index contributed by atoms with van der Waals surface area (Å²) in [5, 5.41) is 13.7. The zero-order valence-electron chi connectivity index (χ0n) is 11.0. The van der Waals surface area contributed by atoms with Gasteiger partial charge in [0.15, 0.2) is 0 Å². The van der Waals surface area contributed by atoms with Crippen LogP contribution in [-0.2, 0) is 4.79 Å². The van der Waals surface area contributed by atoms with Crippen molar-refractivity contribution in [1.82, 2.24) is 5.32 Å². The van der Waals surface area contributed by atoms with Gasteiger partial charge in [-0.3, -0.25) is 0 Å². The lowest BCUT2D eigenvalue weighted by molar-refractivity contribution is -0.140. The molecule has 0 aromatic heterocycles. The topological polar surface area (TPSA) is 78.4 Å². The molecule has 5 nitrogen and oxygen atoms in total. The molecular formula is C13H17FN2O3. The van der Waals surface area contributed by atoms with E-state index in [9.17, 15) is 14.0 Å². The number of halogens is 1. The molecule has 0 aliphatic rings. The smallest absolute Gasteiger partial charge is 0.326 e. The molecule has 0 bridgehead atoms. The van der Waals surface area contributed by atoms with Crippen LogP contribution in [0.5, 0.6) is 0 Å². The first kappa shape index (κ1) is 14.9. The molecule has 1 rings (SSSR count). The van der Waals surface area contributed by atoms with Gasteiger partial charge in [-0.25, -0.2) is 14.0 Å². The van der Waals surface area contributed by atoms with E-state index in [2.05, 4.69) is 10.6 Å². The van der Waals surface area contributed by atoms with Gasteiger partial charge >= 0.3 is 12.0 Å². The number of carbonyl (C=O) groups is 2. The van der Waals surface area contributed by atoms with Crippen molar-refractivity contribution in [2.45, 2.75) is 26.8 Å². The molecule has 0 saturated heterocycles. The lowest BCUT2D eigenvalue weighted by Crippen LogP contribution is -2.46. The van der Waals surface area contributed by atoms with Crippen LogP contribution in [0, 0.1) is 18.7 Å². The number of benzene rings is 1. The van der Waals surface area contributed by atoms with Gasteiger partial charge in [-0.1, -0.05) is 19.9 Å². The summed E-state index contributed by atoms with van der Waals surface area (Å²) in [5.74, 6) is -1.84. The van der Waals surface area contributed by atoms with Gasteiger partial charge in [0, 0.05) is 5.69 Å². The van der Waals surface area contributed by atoms with Crippen molar-refractivity contribution in [3.05, 3.63) is 29.6 Å². The number of aliphatic carboxylic acids is 1. The molecule has 3 N–H and O–H groups in total. The fraction of sp³-hybridized carbons (Fsp3) is 0.385. The number of carbonyl (C=O) groups excluding carboxylic acids is 1. The molecule has 104 valence electrons. The fourth-order valence-electron chi connectivity index (χ4n) is 1.54. The SMILES string of the molecule is Cc1ccc(F)cc1NC(=O)N[C@@H](C(=O)O)C(C)C. The molecule has 0 fully saturated rings. The highest BCUT2D eigenvalue weighted by Gasteiger charge is 2.23. The van der Waals surface area contributed by atoms with Gasteiger partial charge in [0.05, 0.1) is 0 Å². The van der Waals surface area contributed by atoms with Crippen LogP contribution < -0.4 is 10.6 Å². The maximum absolute atomic E-state index is 13.1. The third-order valence-corrected chi connectivity index (χ3v) is 2.67. The van der Waals surface area contributed by atoms with Gasteiger partial charge < -0.3 is 15.7 Å². The van der Waals surface area contributed by atoms with Crippen LogP contribution in [0.2, 0.25) is 0 Å². The molecule has 1 aromatic carbocycles. The number of carboxylic acids is 1. The first-order valence-electron chi connectivity index (χ1n) is 5.87. The number of amides is 2. The number of anilines is 1. The summed E-state index contributed by atoms with van der Waals surface area (Å²) in [4.78, 5) is 22.6. The molecule has 0 aliphatic carbocycles. The van der Waals surface area contributed by atoms with Gasteiger partial charge in [0.1, 0.15) is 11.9 Å². The average Bonchev–Trinajstić information content (AvgIpc) is 2.30. The number of carboxylic acid groups (broad SMARTS) is 1. The Balaban J connectivity index is 2.74. The van der Waals surface area contributed by atoms with E-state index >= 15 is 0 Å². The standard InChI is InChI=1S/C13H17FN2O3/c1-7(2)11(12(17)18)16-13(19)15-10-6-9(14)5-4-8(10)3/h4-7,11H,1-3H3,(H,17,18)(H2,15,16,19)/t11-/m1/s1. The monoisotopic (exact) mass is 268 g/mol. The van der Waals surface area contributed by atoms with Crippen LogP contribution in [0.1, 0.15) is 19.4 Å². The molecule has 0 aliphatic heterocycles. The summed E-state index contributed by atoms with van der Waals surface area (Å²) in [7, 11) is 0. The number of aryl methyl sites for hydroxylation is 1. The van der Waals surface area contributed by atoms with E-state index in [1.165, 1.54) is 18.2 Å². The molecule has 0 unspecified atom stereocenters. The first-order chi connectivity index (χ1) is 8.81. The van der Waals surface area contributed by atoms with Crippen LogP contribution in [-0.4, -0.2) is 23.1 Å². The zero-order chi connectivity index (χ0) is 14.6. The Morgan fingerprint density at radius 3 is 2.47 bits per heavy atom. The van der Waals surface area contributed by atoms with Gasteiger partial charge in [-0.05, 0) is 30.5 Å². The summed E-state index contributed by atoms with van der Waals surface area (Å²) in [6, 6.07) is 2.33. The molecule has 0 radical (unpaired) electrons. The van der Waals surface area contributed by atoms with Crippen LogP contribution >= 0.6 is 0 Å². The van der Waals surface area contributed by atoms with Crippen molar-refractivity contribution < 1.29 is 19.1 Å². The van der Waals surface area contributed by atoms with E-state index in [-0.39, 0.29) is 5.92 Å². The predicted molar refractivity (Wildman–Crippen MR) is 69.6 cm³/mol. The normalized spacial score (nSPS) is 12.1. The second kappa shape index (κ2) is 6.17. The molecule has 6 heteroatoms. The largest absolute Gasteiger partial charge is 0.480 e. The van der Waals surface area contributed by atoms with Crippen molar-refractivity contribution in [1.29, 1.82) is 0 Å². The van der Waals surface area contributed by atoms with Crippen LogP contribution in [0.3, 0.4) is 0 Å². The highest BCUT2D eigenvalue weighted by Crippen LogP contribution is 2.15.